The molecule has 0 atom stereocenters. The van der Waals surface area contributed by atoms with Gasteiger partial charge < -0.3 is 14.5 Å². The fourth-order valence-electron chi connectivity index (χ4n) is 1.87. The van der Waals surface area contributed by atoms with Gasteiger partial charge in [0.2, 0.25) is 11.8 Å². The van der Waals surface area contributed by atoms with Gasteiger partial charge in [-0.2, -0.15) is 0 Å². The number of unbranched alkanes of at least 4 members (excludes halogenated alkanes) is 1. The molecule has 0 unspecified atom stereocenters. The van der Waals surface area contributed by atoms with Gasteiger partial charge in [0.25, 0.3) is 0 Å². The molecule has 2 aromatic rings. The van der Waals surface area contributed by atoms with Crippen LogP contribution in [0, 0.1) is 0 Å². The van der Waals surface area contributed by atoms with E-state index in [9.17, 15) is 0 Å². The second-order valence-electron chi connectivity index (χ2n) is 4.86. The van der Waals surface area contributed by atoms with E-state index in [1.165, 1.54) is 6.42 Å². The summed E-state index contributed by atoms with van der Waals surface area (Å²) >= 11 is 0. The van der Waals surface area contributed by atoms with E-state index in [1.54, 1.807) is 0 Å². The lowest BCUT2D eigenvalue weighted by Gasteiger charge is -2.03. The highest BCUT2D eigenvalue weighted by molar-refractivity contribution is 5.51. The summed E-state index contributed by atoms with van der Waals surface area (Å²) in [7, 11) is 0. The van der Waals surface area contributed by atoms with Gasteiger partial charge in [-0.15, -0.1) is 10.2 Å². The Bertz CT molecular complexity index is 499. The number of hydrogen-bond acceptors (Lipinski definition) is 5. The van der Waals surface area contributed by atoms with E-state index in [-0.39, 0.29) is 0 Å². The van der Waals surface area contributed by atoms with Gasteiger partial charge in [-0.1, -0.05) is 31.5 Å². The second-order valence-corrected chi connectivity index (χ2v) is 4.86. The van der Waals surface area contributed by atoms with Crippen molar-refractivity contribution in [2.75, 3.05) is 19.8 Å². The quantitative estimate of drug-likeness (QED) is 0.681. The maximum atomic E-state index is 5.61. The highest BCUT2D eigenvalue weighted by Crippen LogP contribution is 2.16. The Hall–Kier alpha value is -1.72. The van der Waals surface area contributed by atoms with Crippen molar-refractivity contribution in [3.8, 4) is 11.5 Å². The fraction of sp³-hybridized carbons (Fsp3) is 0.500. The first kappa shape index (κ1) is 15.7. The van der Waals surface area contributed by atoms with Crippen LogP contribution in [0.4, 0.5) is 0 Å². The molecule has 0 bridgehead atoms. The van der Waals surface area contributed by atoms with Gasteiger partial charge in [-0.3, -0.25) is 0 Å². The summed E-state index contributed by atoms with van der Waals surface area (Å²) in [4.78, 5) is 0. The van der Waals surface area contributed by atoms with Crippen molar-refractivity contribution in [3.63, 3.8) is 0 Å². The molecule has 0 amide bonds. The average molecular weight is 289 g/mol. The van der Waals surface area contributed by atoms with Crippen LogP contribution in [-0.4, -0.2) is 30.0 Å². The van der Waals surface area contributed by atoms with Crippen LogP contribution >= 0.6 is 0 Å². The van der Waals surface area contributed by atoms with Crippen molar-refractivity contribution < 1.29 is 9.15 Å². The minimum atomic E-state index is 0.565. The molecule has 0 aliphatic carbocycles. The van der Waals surface area contributed by atoms with Gasteiger partial charge in [-0.25, -0.2) is 0 Å². The molecule has 0 fully saturated rings. The highest BCUT2D eigenvalue weighted by atomic mass is 16.5. The third kappa shape index (κ3) is 5.65. The van der Waals surface area contributed by atoms with Crippen LogP contribution in [0.5, 0.6) is 0 Å². The third-order valence-electron chi connectivity index (χ3n) is 3.05. The first-order chi connectivity index (χ1) is 10.4. The predicted molar refractivity (Wildman–Crippen MR) is 81.8 cm³/mol. The molecule has 0 radical (unpaired) electrons. The Morgan fingerprint density at radius 3 is 2.71 bits per heavy atom. The van der Waals surface area contributed by atoms with Gasteiger partial charge in [0.1, 0.15) is 0 Å². The number of nitrogens with zero attached hydrogens (tertiary/aromatic N) is 2. The van der Waals surface area contributed by atoms with Crippen LogP contribution in [-0.2, 0) is 11.3 Å². The van der Waals surface area contributed by atoms with Crippen molar-refractivity contribution in [2.24, 2.45) is 0 Å². The summed E-state index contributed by atoms with van der Waals surface area (Å²) < 4.78 is 11.1. The Balaban J connectivity index is 1.63. The molecule has 0 saturated heterocycles. The predicted octanol–water partition coefficient (Wildman–Crippen LogP) is 3.03. The van der Waals surface area contributed by atoms with Crippen LogP contribution in [0.15, 0.2) is 34.7 Å². The van der Waals surface area contributed by atoms with E-state index >= 15 is 0 Å². The maximum Gasteiger partial charge on any atom is 0.247 e. The maximum absolute atomic E-state index is 5.61. The lowest BCUT2D eigenvalue weighted by Crippen LogP contribution is -2.16. The molecule has 0 spiro atoms. The van der Waals surface area contributed by atoms with E-state index in [4.69, 9.17) is 9.15 Å². The lowest BCUT2D eigenvalue weighted by molar-refractivity contribution is 0.128. The second kappa shape index (κ2) is 9.26. The van der Waals surface area contributed by atoms with E-state index < -0.39 is 0 Å². The molecule has 5 heteroatoms. The molecular formula is C16H23N3O2. The zero-order valence-corrected chi connectivity index (χ0v) is 12.5. The molecule has 1 heterocycles. The molecule has 0 aliphatic heterocycles. The minimum Gasteiger partial charge on any atom is -0.419 e. The molecule has 114 valence electrons. The largest absolute Gasteiger partial charge is 0.419 e. The van der Waals surface area contributed by atoms with Crippen molar-refractivity contribution in [3.05, 3.63) is 36.2 Å². The Morgan fingerprint density at radius 2 is 1.90 bits per heavy atom. The van der Waals surface area contributed by atoms with E-state index in [0.717, 1.165) is 38.2 Å². The SMILES string of the molecule is CCCCOCCCNCc1nnc(-c2ccccc2)o1. The van der Waals surface area contributed by atoms with Gasteiger partial charge in [-0.05, 0) is 31.5 Å². The summed E-state index contributed by atoms with van der Waals surface area (Å²) in [5.41, 5.74) is 0.945. The van der Waals surface area contributed by atoms with Crippen LogP contribution in [0.25, 0.3) is 11.5 Å². The zero-order chi connectivity index (χ0) is 14.8. The summed E-state index contributed by atoms with van der Waals surface area (Å²) in [6.07, 6.45) is 3.31. The molecule has 0 saturated carbocycles. The molecule has 1 aromatic heterocycles. The number of ether oxygens (including phenoxy) is 1. The van der Waals surface area contributed by atoms with Gasteiger partial charge in [0.05, 0.1) is 6.54 Å². The molecule has 1 N–H and O–H groups in total. The standard InChI is InChI=1S/C16H23N3O2/c1-2-3-11-20-12-7-10-17-13-15-18-19-16(21-15)14-8-5-4-6-9-14/h4-6,8-9,17H,2-3,7,10-13H2,1H3. The van der Waals surface area contributed by atoms with Gasteiger partial charge in [0.15, 0.2) is 0 Å². The molecule has 21 heavy (non-hydrogen) atoms. The van der Waals surface area contributed by atoms with Crippen molar-refractivity contribution in [2.45, 2.75) is 32.7 Å². The van der Waals surface area contributed by atoms with E-state index in [0.29, 0.717) is 18.3 Å². The van der Waals surface area contributed by atoms with Crippen LogP contribution < -0.4 is 5.32 Å². The number of nitrogens with one attached hydrogen (secondary N) is 1. The highest BCUT2D eigenvalue weighted by Gasteiger charge is 2.07. The number of hydrogen-bond donors (Lipinski definition) is 1. The minimum absolute atomic E-state index is 0.565. The molecular weight excluding hydrogens is 266 g/mol. The summed E-state index contributed by atoms with van der Waals surface area (Å²) in [6, 6.07) is 9.79. The molecule has 0 aliphatic rings. The lowest BCUT2D eigenvalue weighted by atomic mass is 10.2. The number of benzene rings is 1. The number of aromatic nitrogens is 2. The summed E-state index contributed by atoms with van der Waals surface area (Å²) in [5.74, 6) is 1.18. The average Bonchev–Trinajstić information content (AvgIpc) is 3.00. The smallest absolute Gasteiger partial charge is 0.247 e. The Morgan fingerprint density at radius 1 is 1.10 bits per heavy atom. The fourth-order valence-corrected chi connectivity index (χ4v) is 1.87. The summed E-state index contributed by atoms with van der Waals surface area (Å²) in [6.45, 7) is 5.30. The first-order valence-electron chi connectivity index (χ1n) is 7.56. The Kier molecular flexibility index (Phi) is 6.91. The van der Waals surface area contributed by atoms with Crippen LogP contribution in [0.1, 0.15) is 32.1 Å². The third-order valence-corrected chi connectivity index (χ3v) is 3.05. The van der Waals surface area contributed by atoms with E-state index in [2.05, 4.69) is 22.4 Å². The topological polar surface area (TPSA) is 60.2 Å². The van der Waals surface area contributed by atoms with Crippen LogP contribution in [0.2, 0.25) is 0 Å². The van der Waals surface area contributed by atoms with Gasteiger partial charge in [0, 0.05) is 18.8 Å². The monoisotopic (exact) mass is 289 g/mol. The van der Waals surface area contributed by atoms with Crippen molar-refractivity contribution in [1.82, 2.24) is 15.5 Å². The first-order valence-corrected chi connectivity index (χ1v) is 7.56. The van der Waals surface area contributed by atoms with Crippen molar-refractivity contribution in [1.29, 1.82) is 0 Å². The van der Waals surface area contributed by atoms with Crippen molar-refractivity contribution >= 4 is 0 Å². The van der Waals surface area contributed by atoms with Gasteiger partial charge >= 0.3 is 0 Å². The molecule has 1 aromatic carbocycles. The normalized spacial score (nSPS) is 10.9. The summed E-state index contributed by atoms with van der Waals surface area (Å²) in [5, 5.41) is 11.4. The molecule has 5 nitrogen and oxygen atoms in total. The van der Waals surface area contributed by atoms with Crippen LogP contribution in [0.3, 0.4) is 0 Å². The van der Waals surface area contributed by atoms with E-state index in [1.807, 2.05) is 30.3 Å². The Labute approximate surface area is 125 Å². The molecule has 2 rings (SSSR count). The number of rotatable bonds is 10. The zero-order valence-electron chi connectivity index (χ0n) is 12.5.